The number of amides is 1. The number of aromatic nitrogens is 2. The first kappa shape index (κ1) is 19.5. The SMILES string of the molecule is Cc1ccc(CNC(=O)CSc2ccc(-c3ccc([N+](=O)[O-])cc3)nn2)cc1. The van der Waals surface area contributed by atoms with Crippen LogP contribution in [0.1, 0.15) is 11.1 Å². The number of hydrogen-bond donors (Lipinski definition) is 1. The molecule has 0 saturated carbocycles. The van der Waals surface area contributed by atoms with E-state index in [1.54, 1.807) is 24.3 Å². The van der Waals surface area contributed by atoms with Gasteiger partial charge in [-0.15, -0.1) is 10.2 Å². The highest BCUT2D eigenvalue weighted by Crippen LogP contribution is 2.22. The molecule has 1 amide bonds. The largest absolute Gasteiger partial charge is 0.351 e. The number of rotatable bonds is 7. The van der Waals surface area contributed by atoms with E-state index in [0.717, 1.165) is 11.1 Å². The normalized spacial score (nSPS) is 10.5. The van der Waals surface area contributed by atoms with Crippen LogP contribution in [0.5, 0.6) is 0 Å². The van der Waals surface area contributed by atoms with Gasteiger partial charge in [-0.1, -0.05) is 41.6 Å². The average Bonchev–Trinajstić information content (AvgIpc) is 2.72. The lowest BCUT2D eigenvalue weighted by Crippen LogP contribution is -2.24. The summed E-state index contributed by atoms with van der Waals surface area (Å²) in [6, 6.07) is 17.7. The van der Waals surface area contributed by atoms with Gasteiger partial charge in [0.2, 0.25) is 5.91 Å². The van der Waals surface area contributed by atoms with E-state index in [4.69, 9.17) is 0 Å². The molecule has 1 N–H and O–H groups in total. The molecule has 0 aliphatic heterocycles. The van der Waals surface area contributed by atoms with Gasteiger partial charge in [-0.25, -0.2) is 0 Å². The highest BCUT2D eigenvalue weighted by atomic mass is 32.2. The number of aryl methyl sites for hydroxylation is 1. The second-order valence-corrected chi connectivity index (χ2v) is 7.11. The zero-order valence-corrected chi connectivity index (χ0v) is 16.0. The van der Waals surface area contributed by atoms with Gasteiger partial charge < -0.3 is 5.32 Å². The highest BCUT2D eigenvalue weighted by molar-refractivity contribution is 7.99. The molecule has 28 heavy (non-hydrogen) atoms. The van der Waals surface area contributed by atoms with Gasteiger partial charge in [0, 0.05) is 24.2 Å². The first-order valence-electron chi connectivity index (χ1n) is 8.55. The maximum atomic E-state index is 12.0. The van der Waals surface area contributed by atoms with Crippen LogP contribution in [0.15, 0.2) is 65.7 Å². The molecule has 8 heteroatoms. The summed E-state index contributed by atoms with van der Waals surface area (Å²) in [5.41, 5.74) is 3.62. The molecule has 0 unspecified atom stereocenters. The van der Waals surface area contributed by atoms with Crippen molar-refractivity contribution >= 4 is 23.4 Å². The number of nitro groups is 1. The van der Waals surface area contributed by atoms with E-state index < -0.39 is 4.92 Å². The third-order valence-electron chi connectivity index (χ3n) is 3.98. The van der Waals surface area contributed by atoms with Crippen molar-refractivity contribution in [2.75, 3.05) is 5.75 Å². The van der Waals surface area contributed by atoms with Crippen LogP contribution in [0.3, 0.4) is 0 Å². The van der Waals surface area contributed by atoms with E-state index >= 15 is 0 Å². The number of nitro benzene ring substituents is 1. The first-order valence-corrected chi connectivity index (χ1v) is 9.53. The van der Waals surface area contributed by atoms with Gasteiger partial charge in [0.15, 0.2) is 0 Å². The molecular weight excluding hydrogens is 376 g/mol. The predicted molar refractivity (Wildman–Crippen MR) is 108 cm³/mol. The monoisotopic (exact) mass is 394 g/mol. The zero-order valence-electron chi connectivity index (χ0n) is 15.2. The number of carbonyl (C=O) groups excluding carboxylic acids is 1. The summed E-state index contributed by atoms with van der Waals surface area (Å²) in [5, 5.41) is 22.5. The number of benzene rings is 2. The maximum Gasteiger partial charge on any atom is 0.269 e. The van der Waals surface area contributed by atoms with Crippen LogP contribution in [-0.4, -0.2) is 26.8 Å². The summed E-state index contributed by atoms with van der Waals surface area (Å²) < 4.78 is 0. The van der Waals surface area contributed by atoms with E-state index in [0.29, 0.717) is 17.3 Å². The number of nitrogens with zero attached hydrogens (tertiary/aromatic N) is 3. The summed E-state index contributed by atoms with van der Waals surface area (Å²) >= 11 is 1.30. The van der Waals surface area contributed by atoms with Crippen LogP contribution >= 0.6 is 11.8 Å². The van der Waals surface area contributed by atoms with Gasteiger partial charge >= 0.3 is 0 Å². The number of thioether (sulfide) groups is 1. The van der Waals surface area contributed by atoms with Crippen molar-refractivity contribution in [2.24, 2.45) is 0 Å². The Kier molecular flexibility index (Phi) is 6.33. The van der Waals surface area contributed by atoms with Crippen molar-refractivity contribution < 1.29 is 9.72 Å². The molecular formula is C20H18N4O3S. The van der Waals surface area contributed by atoms with Crippen LogP contribution < -0.4 is 5.32 Å². The first-order chi connectivity index (χ1) is 13.5. The van der Waals surface area contributed by atoms with Gasteiger partial charge in [0.05, 0.1) is 16.4 Å². The molecule has 7 nitrogen and oxygen atoms in total. The molecule has 0 aliphatic rings. The Morgan fingerprint density at radius 2 is 1.75 bits per heavy atom. The highest BCUT2D eigenvalue weighted by Gasteiger charge is 2.08. The molecule has 3 aromatic rings. The van der Waals surface area contributed by atoms with Crippen molar-refractivity contribution in [3.8, 4) is 11.3 Å². The molecule has 0 radical (unpaired) electrons. The van der Waals surface area contributed by atoms with Crippen molar-refractivity contribution in [1.29, 1.82) is 0 Å². The van der Waals surface area contributed by atoms with Gasteiger partial charge in [0.25, 0.3) is 5.69 Å². The number of non-ortho nitro benzene ring substituents is 1. The minimum absolute atomic E-state index is 0.0283. The lowest BCUT2D eigenvalue weighted by Gasteiger charge is -2.06. The molecule has 0 fully saturated rings. The summed E-state index contributed by atoms with van der Waals surface area (Å²) in [4.78, 5) is 22.3. The van der Waals surface area contributed by atoms with Crippen LogP contribution in [0.2, 0.25) is 0 Å². The molecule has 142 valence electrons. The molecule has 3 rings (SSSR count). The van der Waals surface area contributed by atoms with Crippen LogP contribution in [0.25, 0.3) is 11.3 Å². The second-order valence-electron chi connectivity index (χ2n) is 6.11. The Morgan fingerprint density at radius 1 is 1.04 bits per heavy atom. The minimum atomic E-state index is -0.445. The molecule has 0 saturated heterocycles. The lowest BCUT2D eigenvalue weighted by molar-refractivity contribution is -0.384. The topological polar surface area (TPSA) is 98.0 Å². The van der Waals surface area contributed by atoms with Crippen molar-refractivity contribution in [2.45, 2.75) is 18.5 Å². The molecule has 0 bridgehead atoms. The van der Waals surface area contributed by atoms with E-state index in [9.17, 15) is 14.9 Å². The smallest absolute Gasteiger partial charge is 0.269 e. The Hall–Kier alpha value is -3.26. The van der Waals surface area contributed by atoms with E-state index in [2.05, 4.69) is 15.5 Å². The van der Waals surface area contributed by atoms with Gasteiger partial charge in [0.1, 0.15) is 5.03 Å². The van der Waals surface area contributed by atoms with Gasteiger partial charge in [-0.3, -0.25) is 14.9 Å². The zero-order chi connectivity index (χ0) is 19.9. The van der Waals surface area contributed by atoms with E-state index in [1.165, 1.54) is 29.5 Å². The summed E-state index contributed by atoms with van der Waals surface area (Å²) in [6.45, 7) is 2.51. The number of carbonyl (C=O) groups is 1. The maximum absolute atomic E-state index is 12.0. The number of nitrogens with one attached hydrogen (secondary N) is 1. The fraction of sp³-hybridized carbons (Fsp3) is 0.150. The Bertz CT molecular complexity index is 958. The third kappa shape index (κ3) is 5.37. The summed E-state index contributed by atoms with van der Waals surface area (Å²) in [6.07, 6.45) is 0. The second kappa shape index (κ2) is 9.09. The van der Waals surface area contributed by atoms with Gasteiger partial charge in [-0.2, -0.15) is 0 Å². The Labute approximate surface area is 166 Å². The fourth-order valence-corrected chi connectivity index (χ4v) is 3.05. The Morgan fingerprint density at radius 3 is 2.36 bits per heavy atom. The minimum Gasteiger partial charge on any atom is -0.351 e. The molecule has 1 aromatic heterocycles. The van der Waals surface area contributed by atoms with E-state index in [-0.39, 0.29) is 17.3 Å². The fourth-order valence-electron chi connectivity index (χ4n) is 2.40. The van der Waals surface area contributed by atoms with Crippen molar-refractivity contribution in [3.63, 3.8) is 0 Å². The third-order valence-corrected chi connectivity index (χ3v) is 4.90. The van der Waals surface area contributed by atoms with Crippen LogP contribution in [0.4, 0.5) is 5.69 Å². The molecule has 0 atom stereocenters. The molecule has 0 spiro atoms. The molecule has 0 aliphatic carbocycles. The predicted octanol–water partition coefficient (Wildman–Crippen LogP) is 3.77. The van der Waals surface area contributed by atoms with Crippen molar-refractivity contribution in [1.82, 2.24) is 15.5 Å². The van der Waals surface area contributed by atoms with E-state index in [1.807, 2.05) is 31.2 Å². The van der Waals surface area contributed by atoms with Gasteiger partial charge in [-0.05, 0) is 36.8 Å². The standard InChI is InChI=1S/C20H18N4O3S/c1-14-2-4-15(5-3-14)12-21-19(25)13-28-20-11-10-18(22-23-20)16-6-8-17(9-7-16)24(26)27/h2-11H,12-13H2,1H3,(H,21,25). The quantitative estimate of drug-likeness (QED) is 0.372. The van der Waals surface area contributed by atoms with Crippen molar-refractivity contribution in [3.05, 3.63) is 81.9 Å². The average molecular weight is 394 g/mol. The van der Waals surface area contributed by atoms with Crippen LogP contribution in [0, 0.1) is 17.0 Å². The summed E-state index contributed by atoms with van der Waals surface area (Å²) in [7, 11) is 0. The Balaban J connectivity index is 1.50. The molecule has 1 heterocycles. The molecule has 2 aromatic carbocycles. The summed E-state index contributed by atoms with van der Waals surface area (Å²) in [5.74, 6) is 0.170. The lowest BCUT2D eigenvalue weighted by atomic mass is 10.1. The van der Waals surface area contributed by atoms with Crippen LogP contribution in [-0.2, 0) is 11.3 Å². The number of hydrogen-bond acceptors (Lipinski definition) is 6.